The van der Waals surface area contributed by atoms with Gasteiger partial charge in [-0.05, 0) is 6.42 Å². The van der Waals surface area contributed by atoms with Crippen LogP contribution in [-0.2, 0) is 9.59 Å². The molecule has 0 aliphatic rings. The van der Waals surface area contributed by atoms with Crippen LogP contribution in [0.2, 0.25) is 0 Å². The molecule has 10 heteroatoms. The van der Waals surface area contributed by atoms with Crippen molar-refractivity contribution in [2.75, 3.05) is 12.3 Å². The molecule has 2 atom stereocenters. The highest BCUT2D eigenvalue weighted by Crippen LogP contribution is 2.15. The van der Waals surface area contributed by atoms with E-state index in [1.807, 2.05) is 0 Å². The number of nitrogens with zero attached hydrogens (tertiary/aromatic N) is 1. The quantitative estimate of drug-likeness (QED) is 0.264. The molecule has 0 aliphatic heterocycles. The highest BCUT2D eigenvalue weighted by atomic mass is 32.2. The lowest BCUT2D eigenvalue weighted by Crippen LogP contribution is -2.35. The first-order valence-electron chi connectivity index (χ1n) is 5.70. The number of aliphatic carboxylic acids is 2. The minimum Gasteiger partial charge on any atom is -0.481 e. The maximum absolute atomic E-state index is 11.9. The van der Waals surface area contributed by atoms with Crippen LogP contribution < -0.4 is 17.3 Å². The Kier molecular flexibility index (Phi) is 8.68. The molecule has 0 aromatic rings. The Balaban J connectivity index is 4.54. The summed E-state index contributed by atoms with van der Waals surface area (Å²) in [5, 5.41) is 18.8. The molecule has 0 fully saturated rings. The lowest BCUT2D eigenvalue weighted by molar-refractivity contribution is -0.143. The van der Waals surface area contributed by atoms with E-state index >= 15 is 0 Å². The zero-order chi connectivity index (χ0) is 15.7. The fraction of sp³-hybridized carbons (Fsp3) is 0.600. The average molecular weight is 310 g/mol. The number of hydrogen-bond donors (Lipinski definition) is 5. The van der Waals surface area contributed by atoms with E-state index in [9.17, 15) is 13.5 Å². The maximum Gasteiger partial charge on any atom is 0.320 e. The Hall–Kier alpha value is -1.52. The second-order valence-electron chi connectivity index (χ2n) is 4.17. The molecule has 8 N–H and O–H groups in total. The molecule has 2 unspecified atom stereocenters. The Bertz CT molecular complexity index is 369. The van der Waals surface area contributed by atoms with Crippen LogP contribution >= 0.6 is 12.1 Å². The van der Waals surface area contributed by atoms with E-state index in [1.54, 1.807) is 0 Å². The minimum absolute atomic E-state index is 0.0905. The number of hydrogen-bond acceptors (Lipinski definition) is 7. The maximum atomic E-state index is 11.9. The predicted octanol–water partition coefficient (Wildman–Crippen LogP) is -0.527. The molecule has 0 rings (SSSR count). The lowest BCUT2D eigenvalue weighted by Gasteiger charge is -2.17. The summed E-state index contributed by atoms with van der Waals surface area (Å²) in [5.41, 5.74) is 11.1. The summed E-state index contributed by atoms with van der Waals surface area (Å²) >= 11 is 0.120. The Labute approximate surface area is 120 Å². The summed E-state index contributed by atoms with van der Waals surface area (Å²) in [6, 6.07) is -1.28. The molecule has 0 spiro atoms. The monoisotopic (exact) mass is 310 g/mol. The molecule has 0 aromatic heterocycles. The second-order valence-corrected chi connectivity index (χ2v) is 4.80. The van der Waals surface area contributed by atoms with Gasteiger partial charge in [0.1, 0.15) is 6.04 Å². The minimum atomic E-state index is -1.28. The number of halogens is 1. The number of carboxylic acids is 2. The van der Waals surface area contributed by atoms with Gasteiger partial charge in [-0.3, -0.25) is 9.59 Å². The van der Waals surface area contributed by atoms with Gasteiger partial charge >= 0.3 is 11.9 Å². The lowest BCUT2D eigenvalue weighted by atomic mass is 9.95. The van der Waals surface area contributed by atoms with Crippen LogP contribution in [0.25, 0.3) is 0 Å². The first kappa shape index (κ1) is 18.5. The van der Waals surface area contributed by atoms with Crippen molar-refractivity contribution in [1.29, 1.82) is 0 Å². The van der Waals surface area contributed by atoms with Gasteiger partial charge in [0, 0.05) is 42.8 Å². The van der Waals surface area contributed by atoms with E-state index in [0.717, 1.165) is 5.01 Å². The van der Waals surface area contributed by atoms with Crippen LogP contribution in [-0.4, -0.2) is 45.5 Å². The molecule has 0 saturated carbocycles. The third kappa shape index (κ3) is 7.81. The highest BCUT2D eigenvalue weighted by molar-refractivity contribution is 7.94. The number of carbonyl (C=O) groups is 2. The predicted molar refractivity (Wildman–Crippen MR) is 72.7 cm³/mol. The second kappa shape index (κ2) is 9.39. The van der Waals surface area contributed by atoms with Gasteiger partial charge in [0.15, 0.2) is 0 Å². The van der Waals surface area contributed by atoms with Crippen molar-refractivity contribution in [3.8, 4) is 0 Å². The van der Waals surface area contributed by atoms with Crippen molar-refractivity contribution in [3.63, 3.8) is 0 Å². The van der Waals surface area contributed by atoms with Crippen LogP contribution in [0.5, 0.6) is 0 Å². The molecule has 8 nitrogen and oxygen atoms in total. The van der Waals surface area contributed by atoms with Crippen LogP contribution in [0.4, 0.5) is 3.89 Å². The van der Waals surface area contributed by atoms with E-state index in [0.29, 0.717) is 0 Å². The van der Waals surface area contributed by atoms with E-state index in [1.165, 1.54) is 6.20 Å². The van der Waals surface area contributed by atoms with E-state index in [4.69, 9.17) is 27.5 Å². The third-order valence-corrected chi connectivity index (χ3v) is 2.78. The fourth-order valence-electron chi connectivity index (χ4n) is 1.43. The summed E-state index contributed by atoms with van der Waals surface area (Å²) in [6.07, 6.45) is 0.954. The van der Waals surface area contributed by atoms with Gasteiger partial charge in [-0.1, -0.05) is 0 Å². The fourth-order valence-corrected chi connectivity index (χ4v) is 1.71. The van der Waals surface area contributed by atoms with Crippen LogP contribution in [0.1, 0.15) is 12.8 Å². The Morgan fingerprint density at radius 3 is 2.40 bits per heavy atom. The largest absolute Gasteiger partial charge is 0.481 e. The first-order valence-corrected chi connectivity index (χ1v) is 6.58. The van der Waals surface area contributed by atoms with Gasteiger partial charge in [-0.2, -0.15) is 3.89 Å². The molecule has 0 amide bonds. The average Bonchev–Trinajstić information content (AvgIpc) is 2.34. The standard InChI is InChI=1S/C10H19FN4O4S/c11-20-2-1-15(14)5-7(12)3-6(9(16)17)4-8(13)10(18)19/h5-6,8H,1-4,12-14H2,(H,16,17)(H,18,19)/b7-5-. The topological polar surface area (TPSA) is 156 Å². The molecule has 0 aliphatic carbocycles. The van der Waals surface area contributed by atoms with Crippen molar-refractivity contribution < 1.29 is 23.7 Å². The summed E-state index contributed by atoms with van der Waals surface area (Å²) in [5.74, 6) is 2.14. The van der Waals surface area contributed by atoms with Crippen molar-refractivity contribution in [1.82, 2.24) is 5.01 Å². The number of allylic oxidation sites excluding steroid dienone is 1. The van der Waals surface area contributed by atoms with Crippen molar-refractivity contribution in [2.24, 2.45) is 23.2 Å². The van der Waals surface area contributed by atoms with Gasteiger partial charge in [0.2, 0.25) is 0 Å². The summed E-state index contributed by atoms with van der Waals surface area (Å²) in [6.45, 7) is 0.203. The number of nitrogens with two attached hydrogens (primary N) is 3. The van der Waals surface area contributed by atoms with Crippen molar-refractivity contribution in [3.05, 3.63) is 11.9 Å². The zero-order valence-corrected chi connectivity index (χ0v) is 11.6. The zero-order valence-electron chi connectivity index (χ0n) is 10.7. The Morgan fingerprint density at radius 2 is 1.95 bits per heavy atom. The smallest absolute Gasteiger partial charge is 0.320 e. The molecule has 0 bridgehead atoms. The molecule has 20 heavy (non-hydrogen) atoms. The van der Waals surface area contributed by atoms with E-state index < -0.39 is 23.9 Å². The molecule has 116 valence electrons. The van der Waals surface area contributed by atoms with Crippen molar-refractivity contribution in [2.45, 2.75) is 18.9 Å². The molecule has 0 saturated heterocycles. The number of rotatable bonds is 10. The molecular formula is C10H19FN4O4S. The highest BCUT2D eigenvalue weighted by Gasteiger charge is 2.24. The number of carboxylic acid groups (broad SMARTS) is 2. The van der Waals surface area contributed by atoms with Crippen LogP contribution in [0.15, 0.2) is 11.9 Å². The summed E-state index contributed by atoms with van der Waals surface area (Å²) in [4.78, 5) is 21.6. The number of hydrazine groups is 1. The molecule has 0 aromatic carbocycles. The van der Waals surface area contributed by atoms with Gasteiger partial charge in [-0.25, -0.2) is 5.84 Å². The molecular weight excluding hydrogens is 291 g/mol. The Morgan fingerprint density at radius 1 is 1.35 bits per heavy atom. The van der Waals surface area contributed by atoms with Gasteiger partial charge in [-0.15, -0.1) is 0 Å². The van der Waals surface area contributed by atoms with Gasteiger partial charge in [0.05, 0.1) is 5.92 Å². The van der Waals surface area contributed by atoms with E-state index in [2.05, 4.69) is 0 Å². The van der Waals surface area contributed by atoms with E-state index in [-0.39, 0.29) is 43.0 Å². The summed E-state index contributed by atoms with van der Waals surface area (Å²) in [7, 11) is 0. The summed E-state index contributed by atoms with van der Waals surface area (Å²) < 4.78 is 11.9. The van der Waals surface area contributed by atoms with Gasteiger partial charge < -0.3 is 26.7 Å². The van der Waals surface area contributed by atoms with Crippen LogP contribution in [0.3, 0.4) is 0 Å². The van der Waals surface area contributed by atoms with Gasteiger partial charge in [0.25, 0.3) is 0 Å². The molecule has 0 heterocycles. The normalized spacial score (nSPS) is 14.7. The van der Waals surface area contributed by atoms with Crippen LogP contribution in [0, 0.1) is 5.92 Å². The molecule has 0 radical (unpaired) electrons. The third-order valence-electron chi connectivity index (χ3n) is 2.45. The SMILES string of the molecule is N/C(=C\N(N)CCSF)CC(CC(N)C(=O)O)C(=O)O. The first-order chi connectivity index (χ1) is 9.27. The van der Waals surface area contributed by atoms with Crippen molar-refractivity contribution >= 4 is 24.1 Å².